The summed E-state index contributed by atoms with van der Waals surface area (Å²) in [6, 6.07) is 31.1. The molecule has 0 aliphatic rings. The smallest absolute Gasteiger partial charge is 0.317 e. The first-order valence-corrected chi connectivity index (χ1v) is 9.83. The largest absolute Gasteiger partial charge is 0.480 e. The van der Waals surface area contributed by atoms with Gasteiger partial charge in [-0.1, -0.05) is 91.0 Å². The molecule has 0 aliphatic carbocycles. The number of benzene rings is 3. The van der Waals surface area contributed by atoms with E-state index in [1.54, 1.807) is 0 Å². The van der Waals surface area contributed by atoms with E-state index in [1.807, 2.05) is 67.1 Å². The van der Waals surface area contributed by atoms with Crippen LogP contribution in [0.1, 0.15) is 22.4 Å². The summed E-state index contributed by atoms with van der Waals surface area (Å²) in [7, 11) is 0. The molecule has 0 atom stereocenters. The fourth-order valence-corrected chi connectivity index (χ4v) is 3.92. The predicted molar refractivity (Wildman–Crippen MR) is 116 cm³/mol. The summed E-state index contributed by atoms with van der Waals surface area (Å²) < 4.78 is 2.12. The molecule has 0 fully saturated rings. The van der Waals surface area contributed by atoms with Gasteiger partial charge in [0.05, 0.1) is 18.6 Å². The highest BCUT2D eigenvalue weighted by Crippen LogP contribution is 2.40. The van der Waals surface area contributed by atoms with E-state index >= 15 is 0 Å². The van der Waals surface area contributed by atoms with Gasteiger partial charge in [-0.05, 0) is 16.7 Å². The summed E-state index contributed by atoms with van der Waals surface area (Å²) >= 11 is 0. The fraction of sp³-hybridized carbons (Fsp3) is 0.120. The fourth-order valence-electron chi connectivity index (χ4n) is 3.92. The Kier molecular flexibility index (Phi) is 5.72. The molecular formula is C25H23N3O2. The molecule has 1 heterocycles. The number of carboxylic acids is 1. The number of hydrogen-bond donors (Lipinski definition) is 2. The van der Waals surface area contributed by atoms with Gasteiger partial charge in [-0.25, -0.2) is 4.98 Å². The third-order valence-corrected chi connectivity index (χ3v) is 5.18. The van der Waals surface area contributed by atoms with E-state index in [1.165, 1.54) is 0 Å². The van der Waals surface area contributed by atoms with Gasteiger partial charge in [-0.3, -0.25) is 4.79 Å². The zero-order valence-corrected chi connectivity index (χ0v) is 16.5. The van der Waals surface area contributed by atoms with Crippen LogP contribution in [0.5, 0.6) is 0 Å². The highest BCUT2D eigenvalue weighted by molar-refractivity contribution is 5.69. The Morgan fingerprint density at radius 2 is 1.30 bits per heavy atom. The number of aliphatic carboxylic acids is 1. The molecule has 4 rings (SSSR count). The van der Waals surface area contributed by atoms with Crippen molar-refractivity contribution in [1.29, 1.82) is 0 Å². The monoisotopic (exact) mass is 397 g/mol. The molecule has 5 nitrogen and oxygen atoms in total. The average Bonchev–Trinajstić information content (AvgIpc) is 3.25. The van der Waals surface area contributed by atoms with Crippen molar-refractivity contribution in [2.24, 2.45) is 0 Å². The van der Waals surface area contributed by atoms with Gasteiger partial charge < -0.3 is 15.0 Å². The Hall–Kier alpha value is -3.70. The molecule has 5 heteroatoms. The number of nitrogens with zero attached hydrogens (tertiary/aromatic N) is 2. The zero-order valence-electron chi connectivity index (χ0n) is 16.5. The Balaban J connectivity index is 1.90. The van der Waals surface area contributed by atoms with E-state index in [-0.39, 0.29) is 6.54 Å². The molecule has 0 amide bonds. The van der Waals surface area contributed by atoms with Crippen LogP contribution in [0, 0.1) is 0 Å². The van der Waals surface area contributed by atoms with Gasteiger partial charge in [-0.2, -0.15) is 0 Å². The summed E-state index contributed by atoms with van der Waals surface area (Å²) in [6.07, 6.45) is 3.81. The predicted octanol–water partition coefficient (Wildman–Crippen LogP) is 3.90. The van der Waals surface area contributed by atoms with E-state index < -0.39 is 11.5 Å². The highest BCUT2D eigenvalue weighted by Gasteiger charge is 2.38. The molecule has 0 unspecified atom stereocenters. The molecule has 0 bridgehead atoms. The number of carboxylic acid groups (broad SMARTS) is 1. The lowest BCUT2D eigenvalue weighted by Gasteiger charge is -2.37. The second-order valence-corrected chi connectivity index (χ2v) is 7.08. The van der Waals surface area contributed by atoms with Gasteiger partial charge >= 0.3 is 5.97 Å². The minimum absolute atomic E-state index is 0.103. The van der Waals surface area contributed by atoms with Crippen molar-refractivity contribution in [3.8, 4) is 0 Å². The van der Waals surface area contributed by atoms with Crippen molar-refractivity contribution in [2.75, 3.05) is 6.54 Å². The number of carbonyl (C=O) groups is 1. The van der Waals surface area contributed by atoms with Crippen LogP contribution >= 0.6 is 0 Å². The van der Waals surface area contributed by atoms with Crippen LogP contribution in [0.3, 0.4) is 0 Å². The molecule has 0 spiro atoms. The second kappa shape index (κ2) is 8.76. The molecule has 30 heavy (non-hydrogen) atoms. The lowest BCUT2D eigenvalue weighted by atomic mass is 9.77. The number of nitrogens with one attached hydrogen (secondary N) is 1. The average molecular weight is 397 g/mol. The van der Waals surface area contributed by atoms with Crippen LogP contribution in [0.2, 0.25) is 0 Å². The molecule has 1 aromatic heterocycles. The van der Waals surface area contributed by atoms with Crippen LogP contribution < -0.4 is 5.32 Å². The molecule has 0 radical (unpaired) electrons. The summed E-state index contributed by atoms with van der Waals surface area (Å²) in [4.78, 5) is 15.4. The van der Waals surface area contributed by atoms with Crippen molar-refractivity contribution >= 4 is 5.97 Å². The van der Waals surface area contributed by atoms with Gasteiger partial charge in [0.2, 0.25) is 0 Å². The third-order valence-electron chi connectivity index (χ3n) is 5.18. The molecule has 4 aromatic rings. The Morgan fingerprint density at radius 1 is 0.833 bits per heavy atom. The standard InChI is InChI=1S/C25H23N3O2/c29-24(30)17-26-16-23-18-28(19-27-23)25(20-10-4-1-5-11-20,21-12-6-2-7-13-21)22-14-8-3-9-15-22/h1-15,18-19,26H,16-17H2,(H,29,30). The normalized spacial score (nSPS) is 11.3. The summed E-state index contributed by atoms with van der Waals surface area (Å²) in [5, 5.41) is 11.8. The van der Waals surface area contributed by atoms with Crippen LogP contribution in [-0.4, -0.2) is 27.2 Å². The summed E-state index contributed by atoms with van der Waals surface area (Å²) in [5.74, 6) is -0.887. The third kappa shape index (κ3) is 3.75. The molecule has 0 saturated heterocycles. The van der Waals surface area contributed by atoms with Gasteiger partial charge in [0.1, 0.15) is 5.54 Å². The lowest BCUT2D eigenvalue weighted by molar-refractivity contribution is -0.136. The SMILES string of the molecule is O=C(O)CNCc1cn(C(c2ccccc2)(c2ccccc2)c2ccccc2)cn1. The number of hydrogen-bond acceptors (Lipinski definition) is 3. The topological polar surface area (TPSA) is 67.2 Å². The molecule has 0 aliphatic heterocycles. The highest BCUT2D eigenvalue weighted by atomic mass is 16.4. The first kappa shape index (κ1) is 19.6. The zero-order chi connectivity index (χ0) is 20.8. The number of imidazole rings is 1. The molecule has 0 saturated carbocycles. The van der Waals surface area contributed by atoms with Gasteiger partial charge in [0, 0.05) is 12.7 Å². The summed E-state index contributed by atoms with van der Waals surface area (Å²) in [5.41, 5.74) is 3.52. The Morgan fingerprint density at radius 3 is 1.73 bits per heavy atom. The van der Waals surface area contributed by atoms with Gasteiger partial charge in [-0.15, -0.1) is 0 Å². The lowest BCUT2D eigenvalue weighted by Crippen LogP contribution is -2.37. The maximum Gasteiger partial charge on any atom is 0.317 e. The second-order valence-electron chi connectivity index (χ2n) is 7.08. The van der Waals surface area contributed by atoms with Crippen LogP contribution in [-0.2, 0) is 16.9 Å². The van der Waals surface area contributed by atoms with E-state index in [0.717, 1.165) is 22.4 Å². The van der Waals surface area contributed by atoms with Gasteiger partial charge in [0.25, 0.3) is 0 Å². The van der Waals surface area contributed by atoms with E-state index in [4.69, 9.17) is 5.11 Å². The molecule has 3 aromatic carbocycles. The van der Waals surface area contributed by atoms with Crippen molar-refractivity contribution < 1.29 is 9.90 Å². The minimum Gasteiger partial charge on any atom is -0.480 e. The van der Waals surface area contributed by atoms with Crippen molar-refractivity contribution in [1.82, 2.24) is 14.9 Å². The van der Waals surface area contributed by atoms with E-state index in [9.17, 15) is 4.79 Å². The first-order chi connectivity index (χ1) is 14.7. The molecule has 2 N–H and O–H groups in total. The van der Waals surface area contributed by atoms with Gasteiger partial charge in [0.15, 0.2) is 0 Å². The van der Waals surface area contributed by atoms with Crippen LogP contribution in [0.15, 0.2) is 104 Å². The van der Waals surface area contributed by atoms with Crippen molar-refractivity contribution in [3.63, 3.8) is 0 Å². The van der Waals surface area contributed by atoms with Crippen molar-refractivity contribution in [3.05, 3.63) is 126 Å². The maximum absolute atomic E-state index is 10.8. The molecular weight excluding hydrogens is 374 g/mol. The Bertz CT molecular complexity index is 996. The number of aromatic nitrogens is 2. The maximum atomic E-state index is 10.8. The van der Waals surface area contributed by atoms with Crippen LogP contribution in [0.25, 0.3) is 0 Å². The van der Waals surface area contributed by atoms with Crippen molar-refractivity contribution in [2.45, 2.75) is 12.1 Å². The number of rotatable bonds is 8. The summed E-state index contributed by atoms with van der Waals surface area (Å²) in [6.45, 7) is 0.280. The quantitative estimate of drug-likeness (QED) is 0.443. The first-order valence-electron chi connectivity index (χ1n) is 9.83. The minimum atomic E-state index is -0.887. The van der Waals surface area contributed by atoms with E-state index in [2.05, 4.69) is 51.3 Å². The molecule has 150 valence electrons. The van der Waals surface area contributed by atoms with Crippen LogP contribution in [0.4, 0.5) is 0 Å². The van der Waals surface area contributed by atoms with E-state index in [0.29, 0.717) is 6.54 Å². The Labute approximate surface area is 175 Å².